The van der Waals surface area contributed by atoms with Gasteiger partial charge < -0.3 is 5.32 Å². The molecule has 2 nitrogen and oxygen atoms in total. The monoisotopic (exact) mass is 265 g/mol. The van der Waals surface area contributed by atoms with Crippen molar-refractivity contribution in [2.24, 2.45) is 11.3 Å². The van der Waals surface area contributed by atoms with Gasteiger partial charge in [-0.1, -0.05) is 46.0 Å². The molecule has 0 aromatic rings. The Morgan fingerprint density at radius 1 is 1.16 bits per heavy atom. The maximum Gasteiger partial charge on any atom is 0.220 e. The molecule has 2 saturated carbocycles. The van der Waals surface area contributed by atoms with Crippen LogP contribution in [0.2, 0.25) is 0 Å². The molecule has 1 N–H and O–H groups in total. The first-order valence-electron chi connectivity index (χ1n) is 8.34. The van der Waals surface area contributed by atoms with Gasteiger partial charge in [0.05, 0.1) is 0 Å². The number of carbonyl (C=O) groups is 1. The van der Waals surface area contributed by atoms with Crippen LogP contribution in [-0.4, -0.2) is 11.9 Å². The van der Waals surface area contributed by atoms with Crippen LogP contribution >= 0.6 is 0 Å². The Kier molecular flexibility index (Phi) is 5.29. The molecule has 0 heterocycles. The molecular formula is C17H31NO. The smallest absolute Gasteiger partial charge is 0.220 e. The zero-order chi connectivity index (χ0) is 13.7. The minimum absolute atomic E-state index is 0.290. The molecule has 110 valence electrons. The summed E-state index contributed by atoms with van der Waals surface area (Å²) in [6, 6.07) is 0.442. The lowest BCUT2D eigenvalue weighted by atomic mass is 9.86. The molecule has 1 atom stereocenters. The van der Waals surface area contributed by atoms with Crippen molar-refractivity contribution in [3.05, 3.63) is 0 Å². The molecule has 0 aliphatic heterocycles. The quantitative estimate of drug-likeness (QED) is 0.782. The van der Waals surface area contributed by atoms with E-state index in [1.54, 1.807) is 0 Å². The van der Waals surface area contributed by atoms with Gasteiger partial charge in [-0.25, -0.2) is 0 Å². The van der Waals surface area contributed by atoms with Crippen LogP contribution in [0, 0.1) is 11.3 Å². The Morgan fingerprint density at radius 3 is 2.53 bits per heavy atom. The lowest BCUT2D eigenvalue weighted by molar-refractivity contribution is -0.121. The van der Waals surface area contributed by atoms with Gasteiger partial charge in [-0.2, -0.15) is 0 Å². The van der Waals surface area contributed by atoms with Crippen molar-refractivity contribution in [3.8, 4) is 0 Å². The van der Waals surface area contributed by atoms with Crippen molar-refractivity contribution in [2.75, 3.05) is 0 Å². The Morgan fingerprint density at radius 2 is 1.89 bits per heavy atom. The zero-order valence-corrected chi connectivity index (χ0v) is 12.8. The van der Waals surface area contributed by atoms with Gasteiger partial charge in [0, 0.05) is 12.5 Å². The van der Waals surface area contributed by atoms with E-state index in [9.17, 15) is 4.79 Å². The van der Waals surface area contributed by atoms with Crippen LogP contribution in [0.25, 0.3) is 0 Å². The number of hydrogen-bond donors (Lipinski definition) is 1. The van der Waals surface area contributed by atoms with E-state index in [0.29, 0.717) is 17.4 Å². The number of rotatable bonds is 5. The van der Waals surface area contributed by atoms with Crippen molar-refractivity contribution >= 4 is 5.91 Å². The van der Waals surface area contributed by atoms with E-state index in [4.69, 9.17) is 0 Å². The summed E-state index contributed by atoms with van der Waals surface area (Å²) in [6.07, 6.45) is 13.7. The van der Waals surface area contributed by atoms with E-state index in [2.05, 4.69) is 19.2 Å². The van der Waals surface area contributed by atoms with Gasteiger partial charge in [0.25, 0.3) is 0 Å². The van der Waals surface area contributed by atoms with E-state index in [-0.39, 0.29) is 0 Å². The SMILES string of the molecule is CC1(C)CCC(NC(=O)CCCC2CCCCC2)C1. The van der Waals surface area contributed by atoms with Crippen molar-refractivity contribution in [1.82, 2.24) is 5.32 Å². The summed E-state index contributed by atoms with van der Waals surface area (Å²) in [7, 11) is 0. The lowest BCUT2D eigenvalue weighted by Crippen LogP contribution is -2.33. The van der Waals surface area contributed by atoms with Gasteiger partial charge in [0.1, 0.15) is 0 Å². The van der Waals surface area contributed by atoms with Gasteiger partial charge in [0.2, 0.25) is 5.91 Å². The number of carbonyl (C=O) groups excluding carboxylic acids is 1. The highest BCUT2D eigenvalue weighted by atomic mass is 16.1. The van der Waals surface area contributed by atoms with Crippen LogP contribution in [0.4, 0.5) is 0 Å². The second-order valence-electron chi connectivity index (χ2n) is 7.57. The van der Waals surface area contributed by atoms with Gasteiger partial charge in [-0.15, -0.1) is 0 Å². The Balaban J connectivity index is 1.57. The Hall–Kier alpha value is -0.530. The standard InChI is InChI=1S/C17H31NO/c1-17(2)12-11-15(13-17)18-16(19)10-6-9-14-7-4-3-5-8-14/h14-15H,3-13H2,1-2H3,(H,18,19). The minimum Gasteiger partial charge on any atom is -0.353 e. The summed E-state index contributed by atoms with van der Waals surface area (Å²) in [6.45, 7) is 4.62. The summed E-state index contributed by atoms with van der Waals surface area (Å²) >= 11 is 0. The topological polar surface area (TPSA) is 29.1 Å². The summed E-state index contributed by atoms with van der Waals surface area (Å²) in [5.74, 6) is 1.20. The van der Waals surface area contributed by atoms with Crippen LogP contribution in [-0.2, 0) is 4.79 Å². The number of amides is 1. The van der Waals surface area contributed by atoms with Crippen molar-refractivity contribution in [2.45, 2.75) is 90.5 Å². The summed E-state index contributed by atoms with van der Waals surface area (Å²) < 4.78 is 0. The molecular weight excluding hydrogens is 234 g/mol. The third kappa shape index (κ3) is 5.16. The first kappa shape index (κ1) is 14.9. The van der Waals surface area contributed by atoms with Crippen LogP contribution in [0.15, 0.2) is 0 Å². The molecule has 0 aromatic carbocycles. The molecule has 0 bridgehead atoms. The molecule has 0 aromatic heterocycles. The normalized spacial score (nSPS) is 27.4. The molecule has 1 unspecified atom stereocenters. The fraction of sp³-hybridized carbons (Fsp3) is 0.941. The first-order chi connectivity index (χ1) is 9.05. The van der Waals surface area contributed by atoms with E-state index >= 15 is 0 Å². The van der Waals surface area contributed by atoms with Crippen LogP contribution in [0.1, 0.15) is 84.5 Å². The third-order valence-electron chi connectivity index (χ3n) is 5.07. The molecule has 2 aliphatic carbocycles. The molecule has 1 amide bonds. The molecule has 2 heteroatoms. The Labute approximate surface area is 118 Å². The second-order valence-corrected chi connectivity index (χ2v) is 7.57. The summed E-state index contributed by atoms with van der Waals surface area (Å²) in [5.41, 5.74) is 0.431. The maximum absolute atomic E-state index is 11.9. The van der Waals surface area contributed by atoms with Crippen LogP contribution < -0.4 is 5.32 Å². The van der Waals surface area contributed by atoms with E-state index in [1.165, 1.54) is 51.4 Å². The van der Waals surface area contributed by atoms with E-state index in [1.807, 2.05) is 0 Å². The number of nitrogens with one attached hydrogen (secondary N) is 1. The predicted octanol–water partition coefficient (Wildman–Crippen LogP) is 4.43. The summed E-state index contributed by atoms with van der Waals surface area (Å²) in [4.78, 5) is 11.9. The zero-order valence-electron chi connectivity index (χ0n) is 12.8. The lowest BCUT2D eigenvalue weighted by Gasteiger charge is -2.21. The molecule has 2 fully saturated rings. The fourth-order valence-electron chi connectivity index (χ4n) is 3.89. The van der Waals surface area contributed by atoms with Crippen LogP contribution in [0.5, 0.6) is 0 Å². The maximum atomic E-state index is 11.9. The molecule has 2 aliphatic rings. The largest absolute Gasteiger partial charge is 0.353 e. The fourth-order valence-corrected chi connectivity index (χ4v) is 3.89. The Bertz CT molecular complexity index is 292. The first-order valence-corrected chi connectivity index (χ1v) is 8.34. The van der Waals surface area contributed by atoms with E-state index < -0.39 is 0 Å². The van der Waals surface area contributed by atoms with Crippen molar-refractivity contribution in [1.29, 1.82) is 0 Å². The molecule has 0 saturated heterocycles. The van der Waals surface area contributed by atoms with Gasteiger partial charge in [-0.05, 0) is 43.4 Å². The van der Waals surface area contributed by atoms with E-state index in [0.717, 1.165) is 25.2 Å². The van der Waals surface area contributed by atoms with Gasteiger partial charge in [-0.3, -0.25) is 4.79 Å². The number of hydrogen-bond acceptors (Lipinski definition) is 1. The van der Waals surface area contributed by atoms with Gasteiger partial charge in [0.15, 0.2) is 0 Å². The second kappa shape index (κ2) is 6.76. The minimum atomic E-state index is 0.290. The third-order valence-corrected chi connectivity index (χ3v) is 5.07. The average Bonchev–Trinajstić information content (AvgIpc) is 2.70. The predicted molar refractivity (Wildman–Crippen MR) is 80.0 cm³/mol. The molecule has 0 spiro atoms. The van der Waals surface area contributed by atoms with Crippen molar-refractivity contribution < 1.29 is 4.79 Å². The van der Waals surface area contributed by atoms with Gasteiger partial charge >= 0.3 is 0 Å². The van der Waals surface area contributed by atoms with Crippen molar-refractivity contribution in [3.63, 3.8) is 0 Å². The highest BCUT2D eigenvalue weighted by Gasteiger charge is 2.31. The highest BCUT2D eigenvalue weighted by molar-refractivity contribution is 5.76. The highest BCUT2D eigenvalue weighted by Crippen LogP contribution is 2.37. The molecule has 19 heavy (non-hydrogen) atoms. The van der Waals surface area contributed by atoms with Crippen LogP contribution in [0.3, 0.4) is 0 Å². The molecule has 0 radical (unpaired) electrons. The summed E-state index contributed by atoms with van der Waals surface area (Å²) in [5, 5.41) is 3.23. The average molecular weight is 265 g/mol. The molecule has 2 rings (SSSR count).